The molecule has 2 aliphatic heterocycles. The summed E-state index contributed by atoms with van der Waals surface area (Å²) in [6.45, 7) is 4.27. The lowest BCUT2D eigenvalue weighted by Crippen LogP contribution is -2.53. The van der Waals surface area contributed by atoms with Crippen molar-refractivity contribution >= 4 is 11.8 Å². The van der Waals surface area contributed by atoms with Crippen LogP contribution in [-0.2, 0) is 9.59 Å². The summed E-state index contributed by atoms with van der Waals surface area (Å²) >= 11 is 0. The van der Waals surface area contributed by atoms with Gasteiger partial charge in [-0.05, 0) is 23.8 Å². The average molecular weight is 314 g/mol. The molecule has 0 aliphatic carbocycles. The Morgan fingerprint density at radius 1 is 1.22 bits per heavy atom. The number of nitrogens with zero attached hydrogens (tertiary/aromatic N) is 2. The van der Waals surface area contributed by atoms with E-state index >= 15 is 0 Å². The van der Waals surface area contributed by atoms with E-state index in [1.807, 2.05) is 29.8 Å². The Hall–Kier alpha value is -1.84. The fourth-order valence-corrected chi connectivity index (χ4v) is 4.22. The van der Waals surface area contributed by atoms with Crippen molar-refractivity contribution < 1.29 is 9.59 Å². The summed E-state index contributed by atoms with van der Waals surface area (Å²) < 4.78 is 0. The van der Waals surface area contributed by atoms with Gasteiger partial charge in [0.25, 0.3) is 0 Å². The molecule has 23 heavy (non-hydrogen) atoms. The molecule has 0 bridgehead atoms. The minimum atomic E-state index is 0.00939. The highest BCUT2D eigenvalue weighted by Gasteiger charge is 2.48. The highest BCUT2D eigenvalue weighted by molar-refractivity contribution is 5.78. The first-order valence-electron chi connectivity index (χ1n) is 8.62. The Kier molecular flexibility index (Phi) is 4.42. The molecule has 4 heteroatoms. The molecule has 0 radical (unpaired) electrons. The third kappa shape index (κ3) is 2.99. The van der Waals surface area contributed by atoms with Gasteiger partial charge in [0.05, 0.1) is 0 Å². The van der Waals surface area contributed by atoms with E-state index in [1.165, 1.54) is 5.56 Å². The molecule has 0 N–H and O–H groups in total. The van der Waals surface area contributed by atoms with Gasteiger partial charge in [0.2, 0.25) is 11.8 Å². The van der Waals surface area contributed by atoms with E-state index in [-0.39, 0.29) is 17.2 Å². The number of carbonyl (C=O) groups excluding carboxylic acids is 2. The molecular weight excluding hydrogens is 288 g/mol. The third-order valence-corrected chi connectivity index (χ3v) is 5.74. The molecule has 4 nitrogen and oxygen atoms in total. The van der Waals surface area contributed by atoms with Gasteiger partial charge in [0.15, 0.2) is 0 Å². The molecular formula is C19H26N2O2. The maximum Gasteiger partial charge on any atom is 0.222 e. The summed E-state index contributed by atoms with van der Waals surface area (Å²) in [7, 11) is 1.90. The van der Waals surface area contributed by atoms with Gasteiger partial charge in [-0.1, -0.05) is 37.3 Å². The predicted octanol–water partition coefficient (Wildman–Crippen LogP) is 2.65. The molecule has 1 spiro atoms. The van der Waals surface area contributed by atoms with Gasteiger partial charge in [0.1, 0.15) is 0 Å². The number of benzene rings is 1. The lowest BCUT2D eigenvalue weighted by atomic mass is 9.62. The Morgan fingerprint density at radius 3 is 2.48 bits per heavy atom. The van der Waals surface area contributed by atoms with E-state index in [0.29, 0.717) is 18.8 Å². The van der Waals surface area contributed by atoms with Crippen LogP contribution in [0.2, 0.25) is 0 Å². The van der Waals surface area contributed by atoms with Crippen LogP contribution in [-0.4, -0.2) is 48.3 Å². The van der Waals surface area contributed by atoms with Gasteiger partial charge in [-0.15, -0.1) is 0 Å². The molecule has 3 rings (SSSR count). The average Bonchev–Trinajstić information content (AvgIpc) is 2.59. The van der Waals surface area contributed by atoms with Gasteiger partial charge < -0.3 is 9.80 Å². The highest BCUT2D eigenvalue weighted by Crippen LogP contribution is 2.50. The maximum atomic E-state index is 12.4. The lowest BCUT2D eigenvalue weighted by Gasteiger charge is -2.51. The van der Waals surface area contributed by atoms with Crippen LogP contribution in [0.15, 0.2) is 30.3 Å². The van der Waals surface area contributed by atoms with Gasteiger partial charge >= 0.3 is 0 Å². The molecule has 2 heterocycles. The summed E-state index contributed by atoms with van der Waals surface area (Å²) in [4.78, 5) is 28.2. The van der Waals surface area contributed by atoms with Crippen LogP contribution in [0.25, 0.3) is 0 Å². The SMILES string of the molecule is CCC(=O)N1CCC2(CC1)CC(=O)N(C)CC2c1ccccc1. The minimum absolute atomic E-state index is 0.00939. The van der Waals surface area contributed by atoms with Crippen LogP contribution in [0.3, 0.4) is 0 Å². The van der Waals surface area contributed by atoms with E-state index < -0.39 is 0 Å². The fourth-order valence-electron chi connectivity index (χ4n) is 4.22. The Labute approximate surface area is 138 Å². The second-order valence-electron chi connectivity index (χ2n) is 7.01. The summed E-state index contributed by atoms with van der Waals surface area (Å²) in [6.07, 6.45) is 3.03. The number of amides is 2. The zero-order chi connectivity index (χ0) is 16.4. The van der Waals surface area contributed by atoms with Crippen molar-refractivity contribution in [2.75, 3.05) is 26.7 Å². The van der Waals surface area contributed by atoms with Crippen molar-refractivity contribution in [1.29, 1.82) is 0 Å². The molecule has 124 valence electrons. The van der Waals surface area contributed by atoms with Gasteiger partial charge in [0, 0.05) is 45.4 Å². The van der Waals surface area contributed by atoms with Crippen LogP contribution in [0.4, 0.5) is 0 Å². The monoisotopic (exact) mass is 314 g/mol. The predicted molar refractivity (Wildman–Crippen MR) is 90.0 cm³/mol. The van der Waals surface area contributed by atoms with E-state index in [0.717, 1.165) is 32.5 Å². The van der Waals surface area contributed by atoms with E-state index in [9.17, 15) is 9.59 Å². The normalized spacial score (nSPS) is 24.1. The first kappa shape index (κ1) is 16.0. The van der Waals surface area contributed by atoms with Crippen LogP contribution in [0, 0.1) is 5.41 Å². The Bertz CT molecular complexity index is 576. The molecule has 1 aromatic rings. The first-order valence-corrected chi connectivity index (χ1v) is 8.62. The lowest BCUT2D eigenvalue weighted by molar-refractivity contribution is -0.142. The van der Waals surface area contributed by atoms with Crippen molar-refractivity contribution in [1.82, 2.24) is 9.80 Å². The summed E-state index contributed by atoms with van der Waals surface area (Å²) in [5.74, 6) is 0.841. The number of hydrogen-bond acceptors (Lipinski definition) is 2. The number of likely N-dealkylation sites (N-methyl/N-ethyl adjacent to an activating group) is 1. The summed E-state index contributed by atoms with van der Waals surface area (Å²) in [5.41, 5.74) is 1.33. The topological polar surface area (TPSA) is 40.6 Å². The summed E-state index contributed by atoms with van der Waals surface area (Å²) in [5, 5.41) is 0. The number of carbonyl (C=O) groups is 2. The number of likely N-dealkylation sites (tertiary alicyclic amines) is 2. The van der Waals surface area contributed by atoms with Crippen LogP contribution in [0.5, 0.6) is 0 Å². The number of piperidine rings is 2. The number of hydrogen-bond donors (Lipinski definition) is 0. The number of rotatable bonds is 2. The zero-order valence-corrected chi connectivity index (χ0v) is 14.1. The quantitative estimate of drug-likeness (QED) is 0.842. The smallest absolute Gasteiger partial charge is 0.222 e. The molecule has 1 unspecified atom stereocenters. The van der Waals surface area contributed by atoms with Crippen LogP contribution >= 0.6 is 0 Å². The molecule has 2 fully saturated rings. The fraction of sp³-hybridized carbons (Fsp3) is 0.579. The first-order chi connectivity index (χ1) is 11.1. The van der Waals surface area contributed by atoms with Gasteiger partial charge in [-0.25, -0.2) is 0 Å². The molecule has 0 saturated carbocycles. The van der Waals surface area contributed by atoms with Gasteiger partial charge in [-0.2, -0.15) is 0 Å². The highest BCUT2D eigenvalue weighted by atomic mass is 16.2. The molecule has 2 amide bonds. The summed E-state index contributed by atoms with van der Waals surface area (Å²) in [6, 6.07) is 10.6. The van der Waals surface area contributed by atoms with Gasteiger partial charge in [-0.3, -0.25) is 9.59 Å². The van der Waals surface area contributed by atoms with E-state index in [2.05, 4.69) is 24.3 Å². The minimum Gasteiger partial charge on any atom is -0.345 e. The van der Waals surface area contributed by atoms with Crippen molar-refractivity contribution in [3.63, 3.8) is 0 Å². The standard InChI is InChI=1S/C19H26N2O2/c1-3-17(22)21-11-9-19(10-12-21)13-18(23)20(2)14-16(19)15-7-5-4-6-8-15/h4-8,16H,3,9-14H2,1-2H3. The zero-order valence-electron chi connectivity index (χ0n) is 14.1. The second-order valence-corrected chi connectivity index (χ2v) is 7.01. The van der Waals surface area contributed by atoms with Crippen molar-refractivity contribution in [3.05, 3.63) is 35.9 Å². The molecule has 1 atom stereocenters. The molecule has 2 aliphatic rings. The Morgan fingerprint density at radius 2 is 1.87 bits per heavy atom. The van der Waals surface area contributed by atoms with Crippen LogP contribution in [0.1, 0.15) is 44.1 Å². The largest absolute Gasteiger partial charge is 0.345 e. The van der Waals surface area contributed by atoms with E-state index in [4.69, 9.17) is 0 Å². The third-order valence-electron chi connectivity index (χ3n) is 5.74. The van der Waals surface area contributed by atoms with Crippen molar-refractivity contribution in [2.24, 2.45) is 5.41 Å². The second kappa shape index (κ2) is 6.34. The maximum absolute atomic E-state index is 12.4. The van der Waals surface area contributed by atoms with Crippen molar-refractivity contribution in [3.8, 4) is 0 Å². The Balaban J connectivity index is 1.85. The molecule has 2 saturated heterocycles. The van der Waals surface area contributed by atoms with Crippen LogP contribution < -0.4 is 0 Å². The molecule has 1 aromatic carbocycles. The van der Waals surface area contributed by atoms with Crippen molar-refractivity contribution in [2.45, 2.75) is 38.5 Å². The molecule has 0 aromatic heterocycles. The van der Waals surface area contributed by atoms with E-state index in [1.54, 1.807) is 0 Å².